The van der Waals surface area contributed by atoms with Crippen LogP contribution in [-0.4, -0.2) is 47.2 Å². The standard InChI is InChI=1S/C23H28N6O.HI/c1-28(2)22(30)17-26-23(24-15-19-9-4-3-5-10-19)25-16-20-11-6-7-12-21(20)18-29-14-8-13-27-29;/h3-14H,15-18H2,1-2H3,(H2,24,25,26);1H. The summed E-state index contributed by atoms with van der Waals surface area (Å²) in [4.78, 5) is 18.2. The van der Waals surface area contributed by atoms with E-state index < -0.39 is 0 Å². The van der Waals surface area contributed by atoms with Gasteiger partial charge in [0.05, 0.1) is 19.6 Å². The number of aromatic nitrogens is 2. The molecule has 0 atom stereocenters. The maximum absolute atomic E-state index is 12.0. The lowest BCUT2D eigenvalue weighted by atomic mass is 10.1. The van der Waals surface area contributed by atoms with Crippen molar-refractivity contribution in [3.8, 4) is 0 Å². The van der Waals surface area contributed by atoms with Gasteiger partial charge in [0.2, 0.25) is 5.91 Å². The predicted molar refractivity (Wildman–Crippen MR) is 134 cm³/mol. The molecule has 0 unspecified atom stereocenters. The van der Waals surface area contributed by atoms with E-state index in [9.17, 15) is 4.79 Å². The first kappa shape index (κ1) is 24.4. The van der Waals surface area contributed by atoms with E-state index >= 15 is 0 Å². The van der Waals surface area contributed by atoms with E-state index in [1.807, 2.05) is 59.4 Å². The molecular weight excluding hydrogens is 503 g/mol. The van der Waals surface area contributed by atoms with Crippen LogP contribution in [0.4, 0.5) is 0 Å². The lowest BCUT2D eigenvalue weighted by Gasteiger charge is -2.16. The van der Waals surface area contributed by atoms with Gasteiger partial charge in [-0.3, -0.25) is 9.48 Å². The predicted octanol–water partition coefficient (Wildman–Crippen LogP) is 2.87. The lowest BCUT2D eigenvalue weighted by molar-refractivity contribution is -0.127. The first-order chi connectivity index (χ1) is 14.6. The number of carbonyl (C=O) groups excluding carboxylic acids is 1. The van der Waals surface area contributed by atoms with Crippen LogP contribution in [0.5, 0.6) is 0 Å². The number of hydrogen-bond donors (Lipinski definition) is 2. The van der Waals surface area contributed by atoms with Gasteiger partial charge in [-0.25, -0.2) is 4.99 Å². The third kappa shape index (κ3) is 8.05. The van der Waals surface area contributed by atoms with Gasteiger partial charge in [0.1, 0.15) is 0 Å². The maximum atomic E-state index is 12.0. The number of nitrogens with one attached hydrogen (secondary N) is 2. The number of nitrogens with zero attached hydrogens (tertiary/aromatic N) is 4. The van der Waals surface area contributed by atoms with Crippen molar-refractivity contribution in [2.24, 2.45) is 4.99 Å². The minimum Gasteiger partial charge on any atom is -0.352 e. The third-order valence-electron chi connectivity index (χ3n) is 4.62. The SMILES string of the molecule is CN(C)C(=O)CNC(=NCc1ccccc1)NCc1ccccc1Cn1cccn1.I. The number of carbonyl (C=O) groups is 1. The average molecular weight is 532 g/mol. The normalized spacial score (nSPS) is 10.8. The zero-order valence-electron chi connectivity index (χ0n) is 17.9. The molecule has 1 heterocycles. The van der Waals surface area contributed by atoms with E-state index in [0.717, 1.165) is 11.1 Å². The minimum atomic E-state index is -0.0108. The number of benzene rings is 2. The Balaban J connectivity index is 0.00000341. The number of amides is 1. The Morgan fingerprint density at radius 2 is 1.71 bits per heavy atom. The molecule has 0 saturated carbocycles. The first-order valence-corrected chi connectivity index (χ1v) is 9.92. The summed E-state index contributed by atoms with van der Waals surface area (Å²) in [6.07, 6.45) is 3.73. The van der Waals surface area contributed by atoms with Crippen molar-refractivity contribution in [3.05, 3.63) is 89.7 Å². The zero-order valence-corrected chi connectivity index (χ0v) is 20.2. The van der Waals surface area contributed by atoms with Gasteiger partial charge in [0.15, 0.2) is 5.96 Å². The summed E-state index contributed by atoms with van der Waals surface area (Å²) in [5.74, 6) is 0.589. The molecule has 8 heteroatoms. The van der Waals surface area contributed by atoms with Gasteiger partial charge in [-0.2, -0.15) is 5.10 Å². The van der Waals surface area contributed by atoms with Gasteiger partial charge >= 0.3 is 0 Å². The van der Waals surface area contributed by atoms with Crippen LogP contribution in [0.15, 0.2) is 78.0 Å². The van der Waals surface area contributed by atoms with Crippen molar-refractivity contribution in [2.75, 3.05) is 20.6 Å². The van der Waals surface area contributed by atoms with E-state index in [2.05, 4.69) is 32.9 Å². The smallest absolute Gasteiger partial charge is 0.241 e. The Kier molecular flexibility index (Phi) is 10.0. The van der Waals surface area contributed by atoms with Crippen molar-refractivity contribution < 1.29 is 4.79 Å². The molecule has 0 saturated heterocycles. The molecule has 164 valence electrons. The third-order valence-corrected chi connectivity index (χ3v) is 4.62. The molecule has 3 aromatic rings. The summed E-state index contributed by atoms with van der Waals surface area (Å²) in [7, 11) is 3.48. The molecule has 0 aliphatic rings. The Hall–Kier alpha value is -2.88. The number of aliphatic imine (C=N–C) groups is 1. The van der Waals surface area contributed by atoms with Crippen molar-refractivity contribution in [3.63, 3.8) is 0 Å². The Morgan fingerprint density at radius 1 is 1.00 bits per heavy atom. The summed E-state index contributed by atoms with van der Waals surface area (Å²) in [5.41, 5.74) is 3.44. The van der Waals surface area contributed by atoms with Crippen LogP contribution >= 0.6 is 24.0 Å². The van der Waals surface area contributed by atoms with E-state index in [0.29, 0.717) is 25.6 Å². The second-order valence-electron chi connectivity index (χ2n) is 7.12. The summed E-state index contributed by atoms with van der Waals surface area (Å²) >= 11 is 0. The molecule has 3 rings (SSSR count). The van der Waals surface area contributed by atoms with Crippen molar-refractivity contribution in [1.82, 2.24) is 25.3 Å². The van der Waals surface area contributed by atoms with E-state index in [4.69, 9.17) is 0 Å². The summed E-state index contributed by atoms with van der Waals surface area (Å²) in [5, 5.41) is 10.8. The highest BCUT2D eigenvalue weighted by atomic mass is 127. The molecule has 2 N–H and O–H groups in total. The molecule has 0 spiro atoms. The highest BCUT2D eigenvalue weighted by Gasteiger charge is 2.08. The molecule has 2 aromatic carbocycles. The summed E-state index contributed by atoms with van der Waals surface area (Å²) in [6.45, 7) is 2.01. The molecular formula is C23H29IN6O. The van der Waals surface area contributed by atoms with Crippen molar-refractivity contribution in [1.29, 1.82) is 0 Å². The second-order valence-corrected chi connectivity index (χ2v) is 7.12. The molecule has 0 fully saturated rings. The monoisotopic (exact) mass is 532 g/mol. The zero-order chi connectivity index (χ0) is 21.2. The molecule has 0 aliphatic carbocycles. The quantitative estimate of drug-likeness (QED) is 0.266. The number of hydrogen-bond acceptors (Lipinski definition) is 3. The Labute approximate surface area is 200 Å². The second kappa shape index (κ2) is 12.7. The molecule has 0 aliphatic heterocycles. The summed E-state index contributed by atoms with van der Waals surface area (Å²) in [6, 6.07) is 20.2. The highest BCUT2D eigenvalue weighted by Crippen LogP contribution is 2.10. The van der Waals surface area contributed by atoms with Gasteiger partial charge in [0.25, 0.3) is 0 Å². The molecule has 0 bridgehead atoms. The van der Waals surface area contributed by atoms with Crippen LogP contribution in [0.1, 0.15) is 16.7 Å². The number of likely N-dealkylation sites (N-methyl/N-ethyl adjacent to an activating group) is 1. The van der Waals surface area contributed by atoms with Gasteiger partial charge < -0.3 is 15.5 Å². The van der Waals surface area contributed by atoms with E-state index in [1.54, 1.807) is 25.2 Å². The van der Waals surface area contributed by atoms with Crippen LogP contribution < -0.4 is 10.6 Å². The van der Waals surface area contributed by atoms with Gasteiger partial charge in [-0.1, -0.05) is 54.6 Å². The van der Waals surface area contributed by atoms with Gasteiger partial charge in [0, 0.05) is 33.0 Å². The summed E-state index contributed by atoms with van der Waals surface area (Å²) < 4.78 is 1.90. The molecule has 7 nitrogen and oxygen atoms in total. The Morgan fingerprint density at radius 3 is 2.39 bits per heavy atom. The minimum absolute atomic E-state index is 0. The Bertz CT molecular complexity index is 957. The molecule has 31 heavy (non-hydrogen) atoms. The fourth-order valence-electron chi connectivity index (χ4n) is 2.88. The number of rotatable bonds is 8. The maximum Gasteiger partial charge on any atom is 0.241 e. The van der Waals surface area contributed by atoms with Crippen LogP contribution in [0.3, 0.4) is 0 Å². The molecule has 1 aromatic heterocycles. The fraction of sp³-hybridized carbons (Fsp3) is 0.261. The fourth-order valence-corrected chi connectivity index (χ4v) is 2.88. The van der Waals surface area contributed by atoms with Crippen LogP contribution in [0, 0.1) is 0 Å². The number of halogens is 1. The van der Waals surface area contributed by atoms with Crippen molar-refractivity contribution in [2.45, 2.75) is 19.6 Å². The van der Waals surface area contributed by atoms with Crippen LogP contribution in [0.2, 0.25) is 0 Å². The van der Waals surface area contributed by atoms with Gasteiger partial charge in [-0.05, 0) is 22.8 Å². The molecule has 0 radical (unpaired) electrons. The van der Waals surface area contributed by atoms with Gasteiger partial charge in [-0.15, -0.1) is 24.0 Å². The number of guanidine groups is 1. The molecule has 1 amide bonds. The van der Waals surface area contributed by atoms with E-state index in [1.165, 1.54) is 5.56 Å². The van der Waals surface area contributed by atoms with E-state index in [-0.39, 0.29) is 36.4 Å². The topological polar surface area (TPSA) is 74.6 Å². The largest absolute Gasteiger partial charge is 0.352 e. The van der Waals surface area contributed by atoms with Crippen LogP contribution in [0.25, 0.3) is 0 Å². The highest BCUT2D eigenvalue weighted by molar-refractivity contribution is 14.0. The van der Waals surface area contributed by atoms with Crippen molar-refractivity contribution >= 4 is 35.8 Å². The average Bonchev–Trinajstić information content (AvgIpc) is 3.27. The lowest BCUT2D eigenvalue weighted by Crippen LogP contribution is -2.42. The van der Waals surface area contributed by atoms with Crippen LogP contribution in [-0.2, 0) is 24.4 Å². The first-order valence-electron chi connectivity index (χ1n) is 9.92.